The van der Waals surface area contributed by atoms with Crippen molar-refractivity contribution >= 4 is 39.1 Å². The fraction of sp³-hybridized carbons (Fsp3) is 0.467. The molecule has 0 spiro atoms. The van der Waals surface area contributed by atoms with Crippen molar-refractivity contribution in [1.82, 2.24) is 9.47 Å². The lowest BCUT2D eigenvalue weighted by Crippen LogP contribution is -2.33. The molecule has 0 aromatic carbocycles. The van der Waals surface area contributed by atoms with Crippen molar-refractivity contribution in [2.24, 2.45) is 0 Å². The number of fused-ring (bicyclic) bond motifs is 1. The molecule has 2 aromatic rings. The van der Waals surface area contributed by atoms with Crippen molar-refractivity contribution < 1.29 is 9.59 Å². The summed E-state index contributed by atoms with van der Waals surface area (Å²) < 4.78 is 1.47. The largest absolute Gasteiger partial charge is 0.396 e. The van der Waals surface area contributed by atoms with Gasteiger partial charge in [-0.3, -0.25) is 14.2 Å². The smallest absolute Gasteiger partial charge is 0.273 e. The zero-order chi connectivity index (χ0) is 15.9. The molecule has 2 rings (SSSR count). The van der Waals surface area contributed by atoms with Gasteiger partial charge in [0.15, 0.2) is 0 Å². The number of carbonyl (C=O) groups excluding carboxylic acids is 2. The predicted molar refractivity (Wildman–Crippen MR) is 87.3 cm³/mol. The summed E-state index contributed by atoms with van der Waals surface area (Å²) in [5, 5.41) is 0.836. The number of anilines is 1. The first-order valence-corrected chi connectivity index (χ1v) is 7.86. The molecule has 0 aliphatic rings. The Bertz CT molecular complexity index is 723. The van der Waals surface area contributed by atoms with Gasteiger partial charge in [-0.2, -0.15) is 0 Å². The molecule has 2 aromatic heterocycles. The molecule has 2 heterocycles. The molecule has 0 bridgehead atoms. The summed E-state index contributed by atoms with van der Waals surface area (Å²) in [6.45, 7) is 10.4. The molecule has 0 aliphatic heterocycles. The quantitative estimate of drug-likeness (QED) is 0.947. The Morgan fingerprint density at radius 2 is 1.81 bits per heavy atom. The Kier molecular flexibility index (Phi) is 4.09. The van der Waals surface area contributed by atoms with Crippen molar-refractivity contribution in [3.63, 3.8) is 0 Å². The number of nitrogens with zero attached hydrogens (tertiary/aromatic N) is 2. The topological polar surface area (TPSA) is 68.3 Å². The van der Waals surface area contributed by atoms with E-state index in [4.69, 9.17) is 5.73 Å². The van der Waals surface area contributed by atoms with Gasteiger partial charge in [0.05, 0.1) is 5.69 Å². The maximum absolute atomic E-state index is 12.7. The Labute approximate surface area is 128 Å². The molecule has 0 unspecified atom stereocenters. The van der Waals surface area contributed by atoms with Gasteiger partial charge < -0.3 is 10.6 Å². The van der Waals surface area contributed by atoms with Crippen LogP contribution in [0.5, 0.6) is 0 Å². The number of nitrogens with two attached hydrogens (primary N) is 1. The number of hydrogen-bond acceptors (Lipinski definition) is 4. The Balaban J connectivity index is 2.80. The second-order valence-electron chi connectivity index (χ2n) is 5.06. The van der Waals surface area contributed by atoms with Gasteiger partial charge in [-0.15, -0.1) is 11.3 Å². The Hall–Kier alpha value is -1.82. The van der Waals surface area contributed by atoms with E-state index >= 15 is 0 Å². The second kappa shape index (κ2) is 5.52. The highest BCUT2D eigenvalue weighted by Crippen LogP contribution is 2.39. The monoisotopic (exact) mass is 307 g/mol. The van der Waals surface area contributed by atoms with E-state index in [-0.39, 0.29) is 11.8 Å². The van der Waals surface area contributed by atoms with Gasteiger partial charge >= 0.3 is 0 Å². The average Bonchev–Trinajstić information content (AvgIpc) is 2.87. The lowest BCUT2D eigenvalue weighted by atomic mass is 10.2. The lowest BCUT2D eigenvalue weighted by molar-refractivity contribution is 0.0751. The molecule has 0 fully saturated rings. The van der Waals surface area contributed by atoms with E-state index in [1.807, 2.05) is 27.7 Å². The van der Waals surface area contributed by atoms with Gasteiger partial charge in [-0.1, -0.05) is 0 Å². The van der Waals surface area contributed by atoms with Crippen LogP contribution in [0, 0.1) is 13.8 Å². The first-order valence-electron chi connectivity index (χ1n) is 7.05. The fourth-order valence-corrected chi connectivity index (χ4v) is 3.82. The minimum absolute atomic E-state index is 0.187. The maximum atomic E-state index is 12.7. The van der Waals surface area contributed by atoms with Crippen molar-refractivity contribution in [1.29, 1.82) is 0 Å². The van der Waals surface area contributed by atoms with Gasteiger partial charge in [0.2, 0.25) is 5.91 Å². The normalized spacial score (nSPS) is 11.1. The summed E-state index contributed by atoms with van der Waals surface area (Å²) in [6.07, 6.45) is 0. The standard InChI is InChI=1S/C15H21N3O2S/c1-6-17(7-2)14(20)13-12(16)11-8(3)9(4)21-15(11)18(13)10(5)19/h6-7,16H2,1-5H3. The third-order valence-corrected chi connectivity index (χ3v) is 5.08. The van der Waals surface area contributed by atoms with Crippen molar-refractivity contribution in [3.05, 3.63) is 16.1 Å². The first kappa shape index (κ1) is 15.6. The Morgan fingerprint density at radius 1 is 1.24 bits per heavy atom. The number of nitrogen functional groups attached to an aromatic ring is 1. The minimum Gasteiger partial charge on any atom is -0.396 e. The van der Waals surface area contributed by atoms with Crippen LogP contribution in [0.2, 0.25) is 0 Å². The van der Waals surface area contributed by atoms with Crippen LogP contribution in [-0.2, 0) is 0 Å². The van der Waals surface area contributed by atoms with Crippen LogP contribution in [0.1, 0.15) is 46.5 Å². The zero-order valence-electron chi connectivity index (χ0n) is 13.1. The Morgan fingerprint density at radius 3 is 2.29 bits per heavy atom. The summed E-state index contributed by atoms with van der Waals surface area (Å²) >= 11 is 1.50. The van der Waals surface area contributed by atoms with Gasteiger partial charge in [0.1, 0.15) is 10.5 Å². The number of carbonyl (C=O) groups is 2. The van der Waals surface area contributed by atoms with Gasteiger partial charge in [-0.05, 0) is 33.3 Å². The molecule has 0 radical (unpaired) electrons. The first-order chi connectivity index (χ1) is 9.84. The maximum Gasteiger partial charge on any atom is 0.273 e. The summed E-state index contributed by atoms with van der Waals surface area (Å²) in [5.41, 5.74) is 7.99. The van der Waals surface area contributed by atoms with Gasteiger partial charge in [-0.25, -0.2) is 0 Å². The van der Waals surface area contributed by atoms with Crippen LogP contribution in [0.25, 0.3) is 10.2 Å². The number of aryl methyl sites for hydroxylation is 2. The van der Waals surface area contributed by atoms with E-state index in [0.717, 1.165) is 20.7 Å². The van der Waals surface area contributed by atoms with E-state index in [1.54, 1.807) is 4.90 Å². The third kappa shape index (κ3) is 2.23. The summed E-state index contributed by atoms with van der Waals surface area (Å²) in [6, 6.07) is 0. The summed E-state index contributed by atoms with van der Waals surface area (Å²) in [4.78, 5) is 28.3. The number of hydrogen-bond donors (Lipinski definition) is 1. The minimum atomic E-state index is -0.187. The zero-order valence-corrected chi connectivity index (χ0v) is 13.9. The van der Waals surface area contributed by atoms with E-state index in [1.165, 1.54) is 22.8 Å². The number of thiophene rings is 1. The molecule has 114 valence electrons. The van der Waals surface area contributed by atoms with Gasteiger partial charge in [0.25, 0.3) is 5.91 Å². The molecular formula is C15H21N3O2S. The van der Waals surface area contributed by atoms with Crippen LogP contribution >= 0.6 is 11.3 Å². The molecule has 0 saturated carbocycles. The SMILES string of the molecule is CCN(CC)C(=O)c1c(N)c2c(C)c(C)sc2n1C(C)=O. The van der Waals surface area contributed by atoms with Crippen molar-refractivity contribution in [2.45, 2.75) is 34.6 Å². The van der Waals surface area contributed by atoms with E-state index < -0.39 is 0 Å². The van der Waals surface area contributed by atoms with Crippen molar-refractivity contribution in [3.8, 4) is 0 Å². The summed E-state index contributed by atoms with van der Waals surface area (Å²) in [7, 11) is 0. The van der Waals surface area contributed by atoms with Crippen LogP contribution < -0.4 is 5.73 Å². The third-order valence-electron chi connectivity index (χ3n) is 3.89. The van der Waals surface area contributed by atoms with Gasteiger partial charge in [0, 0.05) is 30.3 Å². The molecular weight excluding hydrogens is 286 g/mol. The van der Waals surface area contributed by atoms with E-state index in [2.05, 4.69) is 0 Å². The fourth-order valence-electron chi connectivity index (χ4n) is 2.60. The molecule has 5 nitrogen and oxygen atoms in total. The predicted octanol–water partition coefficient (Wildman–Crippen LogP) is 3.04. The molecule has 6 heteroatoms. The van der Waals surface area contributed by atoms with Crippen LogP contribution in [0.4, 0.5) is 5.69 Å². The highest BCUT2D eigenvalue weighted by Gasteiger charge is 2.28. The second-order valence-corrected chi connectivity index (χ2v) is 6.26. The van der Waals surface area contributed by atoms with E-state index in [0.29, 0.717) is 24.5 Å². The molecule has 1 amide bonds. The number of aromatic nitrogens is 1. The van der Waals surface area contributed by atoms with E-state index in [9.17, 15) is 9.59 Å². The molecule has 2 N–H and O–H groups in total. The van der Waals surface area contributed by atoms with Crippen LogP contribution in [-0.4, -0.2) is 34.4 Å². The molecule has 21 heavy (non-hydrogen) atoms. The molecule has 0 saturated heterocycles. The molecule has 0 aliphatic carbocycles. The number of rotatable bonds is 3. The van der Waals surface area contributed by atoms with Crippen LogP contribution in [0.3, 0.4) is 0 Å². The van der Waals surface area contributed by atoms with Crippen LogP contribution in [0.15, 0.2) is 0 Å². The highest BCUT2D eigenvalue weighted by atomic mass is 32.1. The average molecular weight is 307 g/mol. The lowest BCUT2D eigenvalue weighted by Gasteiger charge is -2.19. The molecule has 0 atom stereocenters. The van der Waals surface area contributed by atoms with Crippen molar-refractivity contribution in [2.75, 3.05) is 18.8 Å². The summed E-state index contributed by atoms with van der Waals surface area (Å²) in [5.74, 6) is -0.374. The number of amides is 1. The highest BCUT2D eigenvalue weighted by molar-refractivity contribution is 7.19.